The van der Waals surface area contributed by atoms with Gasteiger partial charge in [0.05, 0.1) is 0 Å². The molecule has 0 saturated carbocycles. The average Bonchev–Trinajstić information content (AvgIpc) is 2.73. The van der Waals surface area contributed by atoms with E-state index in [-0.39, 0.29) is 11.8 Å². The summed E-state index contributed by atoms with van der Waals surface area (Å²) >= 11 is 1.69. The van der Waals surface area contributed by atoms with Crippen LogP contribution in [-0.4, -0.2) is 5.91 Å². The predicted octanol–water partition coefficient (Wildman–Crippen LogP) is 2.49. The maximum atomic E-state index is 11.3. The Morgan fingerprint density at radius 2 is 2.12 bits per heavy atom. The molecule has 1 aliphatic heterocycles. The fourth-order valence-electron chi connectivity index (χ4n) is 2.30. The summed E-state index contributed by atoms with van der Waals surface area (Å²) < 4.78 is 0. The number of allylic oxidation sites excluding steroid dienone is 1. The Morgan fingerprint density at radius 1 is 1.31 bits per heavy atom. The van der Waals surface area contributed by atoms with E-state index in [4.69, 9.17) is 5.73 Å². The first-order chi connectivity index (χ1) is 7.77. The third-order valence-electron chi connectivity index (χ3n) is 3.10. The van der Waals surface area contributed by atoms with Gasteiger partial charge in [-0.25, -0.2) is 0 Å². The third-order valence-corrected chi connectivity index (χ3v) is 4.33. The lowest BCUT2D eigenvalue weighted by Gasteiger charge is -2.24. The minimum atomic E-state index is -0.302. The van der Waals surface area contributed by atoms with E-state index in [9.17, 15) is 4.79 Å². The zero-order valence-electron chi connectivity index (χ0n) is 8.59. The SMILES string of the molecule is NC(=O)C1=CSC2c3ccccc3C=CC12. The van der Waals surface area contributed by atoms with Gasteiger partial charge in [-0.15, -0.1) is 11.8 Å². The molecule has 2 aliphatic rings. The Balaban J connectivity index is 2.05. The molecule has 3 rings (SSSR count). The number of rotatable bonds is 1. The van der Waals surface area contributed by atoms with Crippen molar-refractivity contribution in [3.63, 3.8) is 0 Å². The molecule has 80 valence electrons. The maximum absolute atomic E-state index is 11.3. The molecule has 0 radical (unpaired) electrons. The summed E-state index contributed by atoms with van der Waals surface area (Å²) in [6.45, 7) is 0. The Kier molecular flexibility index (Phi) is 2.14. The highest BCUT2D eigenvalue weighted by atomic mass is 32.2. The molecule has 1 aromatic rings. The van der Waals surface area contributed by atoms with Crippen LogP contribution in [0.4, 0.5) is 0 Å². The maximum Gasteiger partial charge on any atom is 0.245 e. The molecule has 0 spiro atoms. The van der Waals surface area contributed by atoms with E-state index in [1.54, 1.807) is 11.8 Å². The summed E-state index contributed by atoms with van der Waals surface area (Å²) in [5.41, 5.74) is 8.65. The number of amides is 1. The van der Waals surface area contributed by atoms with Gasteiger partial charge in [0.2, 0.25) is 5.91 Å². The molecule has 0 aromatic heterocycles. The largest absolute Gasteiger partial charge is 0.366 e. The molecule has 16 heavy (non-hydrogen) atoms. The lowest BCUT2D eigenvalue weighted by Crippen LogP contribution is -2.21. The monoisotopic (exact) mass is 229 g/mol. The van der Waals surface area contributed by atoms with Crippen LogP contribution in [-0.2, 0) is 4.79 Å². The molecule has 0 saturated heterocycles. The Hall–Kier alpha value is -1.48. The number of hydrogen-bond acceptors (Lipinski definition) is 2. The van der Waals surface area contributed by atoms with Gasteiger partial charge in [0.15, 0.2) is 0 Å². The molecule has 0 bridgehead atoms. The van der Waals surface area contributed by atoms with Crippen LogP contribution in [0.15, 0.2) is 41.3 Å². The lowest BCUT2D eigenvalue weighted by atomic mass is 9.85. The van der Waals surface area contributed by atoms with Crippen molar-refractivity contribution in [2.45, 2.75) is 5.25 Å². The van der Waals surface area contributed by atoms with Crippen LogP contribution >= 0.6 is 11.8 Å². The van der Waals surface area contributed by atoms with Crippen molar-refractivity contribution >= 4 is 23.7 Å². The molecule has 1 amide bonds. The average molecular weight is 229 g/mol. The normalized spacial score (nSPS) is 25.9. The third kappa shape index (κ3) is 1.32. The summed E-state index contributed by atoms with van der Waals surface area (Å²) in [5.74, 6) is -0.151. The molecule has 2 nitrogen and oxygen atoms in total. The smallest absolute Gasteiger partial charge is 0.245 e. The van der Waals surface area contributed by atoms with E-state index < -0.39 is 0 Å². The van der Waals surface area contributed by atoms with E-state index >= 15 is 0 Å². The van der Waals surface area contributed by atoms with Crippen LogP contribution < -0.4 is 5.73 Å². The van der Waals surface area contributed by atoms with Crippen molar-refractivity contribution in [1.29, 1.82) is 0 Å². The van der Waals surface area contributed by atoms with Gasteiger partial charge in [-0.3, -0.25) is 4.79 Å². The van der Waals surface area contributed by atoms with E-state index in [0.717, 1.165) is 5.57 Å². The van der Waals surface area contributed by atoms with Gasteiger partial charge in [-0.1, -0.05) is 36.4 Å². The van der Waals surface area contributed by atoms with Crippen molar-refractivity contribution in [3.8, 4) is 0 Å². The van der Waals surface area contributed by atoms with Crippen molar-refractivity contribution < 1.29 is 4.79 Å². The Bertz CT molecular complexity index is 518. The molecular formula is C13H11NOS. The van der Waals surface area contributed by atoms with Crippen molar-refractivity contribution in [2.24, 2.45) is 11.7 Å². The highest BCUT2D eigenvalue weighted by Crippen LogP contribution is 2.50. The first kappa shape index (κ1) is 9.73. The highest BCUT2D eigenvalue weighted by molar-refractivity contribution is 8.02. The molecule has 2 N–H and O–H groups in total. The van der Waals surface area contributed by atoms with Crippen LogP contribution in [0, 0.1) is 5.92 Å². The highest BCUT2D eigenvalue weighted by Gasteiger charge is 2.35. The summed E-state index contributed by atoms with van der Waals surface area (Å²) in [6, 6.07) is 8.30. The molecule has 0 fully saturated rings. The van der Waals surface area contributed by atoms with Gasteiger partial charge in [0.1, 0.15) is 0 Å². The number of nitrogens with two attached hydrogens (primary N) is 1. The second-order valence-electron chi connectivity index (χ2n) is 4.01. The van der Waals surface area contributed by atoms with E-state index in [1.165, 1.54) is 11.1 Å². The molecule has 2 unspecified atom stereocenters. The van der Waals surface area contributed by atoms with Crippen LogP contribution in [0.2, 0.25) is 0 Å². The van der Waals surface area contributed by atoms with Crippen LogP contribution in [0.5, 0.6) is 0 Å². The second-order valence-corrected chi connectivity index (χ2v) is 5.02. The first-order valence-corrected chi connectivity index (χ1v) is 6.14. The van der Waals surface area contributed by atoms with Crippen molar-refractivity contribution in [2.75, 3.05) is 0 Å². The number of benzene rings is 1. The number of thioether (sulfide) groups is 1. The standard InChI is InChI=1S/C13H11NOS/c14-13(15)11-7-16-12-9-4-2-1-3-8(9)5-6-10(11)12/h1-7,10,12H,(H2,14,15). The minimum Gasteiger partial charge on any atom is -0.366 e. The Morgan fingerprint density at radius 3 is 2.94 bits per heavy atom. The van der Waals surface area contributed by atoms with E-state index in [1.807, 2.05) is 17.5 Å². The zero-order chi connectivity index (χ0) is 11.1. The van der Waals surface area contributed by atoms with Gasteiger partial charge < -0.3 is 5.73 Å². The predicted molar refractivity (Wildman–Crippen MR) is 66.6 cm³/mol. The number of primary amides is 1. The van der Waals surface area contributed by atoms with Crippen molar-refractivity contribution in [1.82, 2.24) is 0 Å². The topological polar surface area (TPSA) is 43.1 Å². The van der Waals surface area contributed by atoms with E-state index in [0.29, 0.717) is 5.25 Å². The molecular weight excluding hydrogens is 218 g/mol. The number of hydrogen-bond donors (Lipinski definition) is 1. The molecule has 1 heterocycles. The van der Waals surface area contributed by atoms with Gasteiger partial charge in [0, 0.05) is 16.7 Å². The van der Waals surface area contributed by atoms with Crippen LogP contribution in [0.1, 0.15) is 16.4 Å². The van der Waals surface area contributed by atoms with Gasteiger partial charge in [0.25, 0.3) is 0 Å². The molecule has 1 aliphatic carbocycles. The minimum absolute atomic E-state index is 0.150. The summed E-state index contributed by atoms with van der Waals surface area (Å²) in [6.07, 6.45) is 4.17. The lowest BCUT2D eigenvalue weighted by molar-refractivity contribution is -0.114. The Labute approximate surface area is 98.2 Å². The van der Waals surface area contributed by atoms with Gasteiger partial charge in [-0.2, -0.15) is 0 Å². The van der Waals surface area contributed by atoms with Gasteiger partial charge >= 0.3 is 0 Å². The van der Waals surface area contributed by atoms with Crippen LogP contribution in [0.25, 0.3) is 6.08 Å². The van der Waals surface area contributed by atoms with Crippen LogP contribution in [0.3, 0.4) is 0 Å². The quantitative estimate of drug-likeness (QED) is 0.804. The summed E-state index contributed by atoms with van der Waals surface area (Å²) in [7, 11) is 0. The molecule has 2 atom stereocenters. The number of fused-ring (bicyclic) bond motifs is 3. The fourth-order valence-corrected chi connectivity index (χ4v) is 3.63. The van der Waals surface area contributed by atoms with E-state index in [2.05, 4.69) is 24.3 Å². The fraction of sp³-hybridized carbons (Fsp3) is 0.154. The molecule has 1 aromatic carbocycles. The summed E-state index contributed by atoms with van der Waals surface area (Å²) in [5, 5.41) is 2.23. The number of carbonyl (C=O) groups is 1. The second kappa shape index (κ2) is 3.52. The molecule has 3 heteroatoms. The first-order valence-electron chi connectivity index (χ1n) is 5.20. The summed E-state index contributed by atoms with van der Waals surface area (Å²) in [4.78, 5) is 11.3. The van der Waals surface area contributed by atoms with Gasteiger partial charge in [-0.05, 0) is 16.5 Å². The van der Waals surface area contributed by atoms with Crippen molar-refractivity contribution in [3.05, 3.63) is 52.4 Å². The zero-order valence-corrected chi connectivity index (χ0v) is 9.41. The number of carbonyl (C=O) groups excluding carboxylic acids is 1.